The number of hydrogen-bond donors (Lipinski definition) is 2. The molecule has 3 atom stereocenters. The van der Waals surface area contributed by atoms with Crippen molar-refractivity contribution in [2.75, 3.05) is 26.2 Å². The molecule has 3 nitrogen and oxygen atoms in total. The molecule has 3 heteroatoms. The van der Waals surface area contributed by atoms with Gasteiger partial charge in [0.15, 0.2) is 0 Å². The molecule has 0 aromatic carbocycles. The average molecular weight is 282 g/mol. The van der Waals surface area contributed by atoms with Gasteiger partial charge in [0.25, 0.3) is 0 Å². The lowest BCUT2D eigenvalue weighted by molar-refractivity contribution is 0.0912. The summed E-state index contributed by atoms with van der Waals surface area (Å²) in [7, 11) is 0. The number of nitrogens with one attached hydrogen (secondary N) is 1. The fourth-order valence-electron chi connectivity index (χ4n) is 3.63. The highest BCUT2D eigenvalue weighted by atomic mass is 16.2. The fourth-order valence-corrected chi connectivity index (χ4v) is 3.63. The Balaban J connectivity index is 1.81. The lowest BCUT2D eigenvalue weighted by Crippen LogP contribution is -2.52. The van der Waals surface area contributed by atoms with Crippen LogP contribution >= 0.6 is 0 Å². The second-order valence-electron chi connectivity index (χ2n) is 7.08. The van der Waals surface area contributed by atoms with E-state index in [0.29, 0.717) is 18.7 Å². The molecule has 118 valence electrons. The number of rotatable bonds is 8. The van der Waals surface area contributed by atoms with E-state index in [9.17, 15) is 0 Å². The van der Waals surface area contributed by atoms with Gasteiger partial charge in [0.1, 0.15) is 0 Å². The highest BCUT2D eigenvalue weighted by molar-refractivity contribution is 4.86. The summed E-state index contributed by atoms with van der Waals surface area (Å²) < 4.78 is 0. The fraction of sp³-hybridized carbons (Fsp3) is 1.00. The second-order valence-corrected chi connectivity index (χ2v) is 7.08. The number of aliphatic hydroxyl groups is 1. The van der Waals surface area contributed by atoms with Gasteiger partial charge >= 0.3 is 0 Å². The number of hydrogen-bond acceptors (Lipinski definition) is 3. The van der Waals surface area contributed by atoms with Crippen molar-refractivity contribution in [1.29, 1.82) is 0 Å². The second kappa shape index (κ2) is 8.35. The Morgan fingerprint density at radius 3 is 2.65 bits per heavy atom. The van der Waals surface area contributed by atoms with Crippen molar-refractivity contribution in [3.63, 3.8) is 0 Å². The lowest BCUT2D eigenvalue weighted by atomic mass is 9.84. The molecule has 2 N–H and O–H groups in total. The third kappa shape index (κ3) is 4.71. The van der Waals surface area contributed by atoms with Gasteiger partial charge in [-0.15, -0.1) is 0 Å². The van der Waals surface area contributed by atoms with Crippen molar-refractivity contribution < 1.29 is 5.11 Å². The minimum atomic E-state index is 0.347. The standard InChI is InChI=1S/C17H34N2O/c1-3-14(2)19-12-16(8-5-9-20)10-17(13-19)18-11-15-6-4-7-15/h14-18,20H,3-13H2,1-2H3. The zero-order chi connectivity index (χ0) is 14.4. The van der Waals surface area contributed by atoms with Crippen molar-refractivity contribution in [3.8, 4) is 0 Å². The molecule has 0 bridgehead atoms. The maximum Gasteiger partial charge on any atom is 0.0431 e. The number of likely N-dealkylation sites (tertiary alicyclic amines) is 1. The Morgan fingerprint density at radius 2 is 2.05 bits per heavy atom. The molecular formula is C17H34N2O. The maximum absolute atomic E-state index is 9.07. The van der Waals surface area contributed by atoms with Crippen LogP contribution in [-0.4, -0.2) is 48.3 Å². The average Bonchev–Trinajstić information content (AvgIpc) is 2.42. The molecule has 0 spiro atoms. The van der Waals surface area contributed by atoms with Crippen LogP contribution in [0.2, 0.25) is 0 Å². The molecule has 1 aliphatic heterocycles. The molecular weight excluding hydrogens is 248 g/mol. The van der Waals surface area contributed by atoms with Crippen LogP contribution in [0.3, 0.4) is 0 Å². The van der Waals surface area contributed by atoms with Crippen LogP contribution in [0.1, 0.15) is 58.8 Å². The minimum Gasteiger partial charge on any atom is -0.396 e. The predicted octanol–water partition coefficient (Wildman–Crippen LogP) is 2.64. The number of aliphatic hydroxyl groups excluding tert-OH is 1. The van der Waals surface area contributed by atoms with Crippen LogP contribution in [-0.2, 0) is 0 Å². The summed E-state index contributed by atoms with van der Waals surface area (Å²) >= 11 is 0. The van der Waals surface area contributed by atoms with Crippen molar-refractivity contribution in [2.45, 2.75) is 70.9 Å². The molecule has 1 heterocycles. The first kappa shape index (κ1) is 16.3. The molecule has 1 saturated carbocycles. The SMILES string of the molecule is CCC(C)N1CC(CCCO)CC(NCC2CCC2)C1. The normalized spacial score (nSPS) is 30.1. The third-order valence-electron chi connectivity index (χ3n) is 5.47. The van der Waals surface area contributed by atoms with Crippen LogP contribution in [0.5, 0.6) is 0 Å². The van der Waals surface area contributed by atoms with Gasteiger partial charge in [-0.3, -0.25) is 4.90 Å². The smallest absolute Gasteiger partial charge is 0.0431 e. The molecule has 0 aromatic heterocycles. The molecule has 0 amide bonds. The zero-order valence-electron chi connectivity index (χ0n) is 13.5. The maximum atomic E-state index is 9.07. The molecule has 2 rings (SSSR count). The van der Waals surface area contributed by atoms with Gasteiger partial charge in [-0.25, -0.2) is 0 Å². The molecule has 0 radical (unpaired) electrons. The Bertz CT molecular complexity index is 268. The summed E-state index contributed by atoms with van der Waals surface area (Å²) in [6.45, 7) is 8.68. The van der Waals surface area contributed by atoms with Crippen LogP contribution in [0.4, 0.5) is 0 Å². The van der Waals surface area contributed by atoms with Gasteiger partial charge in [0, 0.05) is 31.8 Å². The van der Waals surface area contributed by atoms with Gasteiger partial charge in [-0.05, 0) is 63.8 Å². The van der Waals surface area contributed by atoms with E-state index >= 15 is 0 Å². The van der Waals surface area contributed by atoms with E-state index in [1.165, 1.54) is 58.2 Å². The summed E-state index contributed by atoms with van der Waals surface area (Å²) in [5.41, 5.74) is 0. The van der Waals surface area contributed by atoms with Crippen LogP contribution < -0.4 is 5.32 Å². The third-order valence-corrected chi connectivity index (χ3v) is 5.47. The van der Waals surface area contributed by atoms with Gasteiger partial charge in [-0.1, -0.05) is 13.3 Å². The first-order valence-electron chi connectivity index (χ1n) is 8.81. The molecule has 3 unspecified atom stereocenters. The highest BCUT2D eigenvalue weighted by Crippen LogP contribution is 2.27. The Hall–Kier alpha value is -0.120. The van der Waals surface area contributed by atoms with Crippen molar-refractivity contribution in [3.05, 3.63) is 0 Å². The number of piperidine rings is 1. The molecule has 2 fully saturated rings. The zero-order valence-corrected chi connectivity index (χ0v) is 13.5. The van der Waals surface area contributed by atoms with E-state index in [4.69, 9.17) is 5.11 Å². The van der Waals surface area contributed by atoms with E-state index < -0.39 is 0 Å². The molecule has 2 aliphatic rings. The van der Waals surface area contributed by atoms with Gasteiger partial charge in [0.2, 0.25) is 0 Å². The molecule has 20 heavy (non-hydrogen) atoms. The van der Waals surface area contributed by atoms with E-state index in [-0.39, 0.29) is 0 Å². The highest BCUT2D eigenvalue weighted by Gasteiger charge is 2.29. The van der Waals surface area contributed by atoms with Crippen molar-refractivity contribution in [1.82, 2.24) is 10.2 Å². The summed E-state index contributed by atoms with van der Waals surface area (Å²) in [6.07, 6.45) is 9.00. The van der Waals surface area contributed by atoms with Gasteiger partial charge in [-0.2, -0.15) is 0 Å². The topological polar surface area (TPSA) is 35.5 Å². The number of nitrogens with zero attached hydrogens (tertiary/aromatic N) is 1. The van der Waals surface area contributed by atoms with Crippen LogP contribution in [0.25, 0.3) is 0 Å². The van der Waals surface area contributed by atoms with E-state index in [0.717, 1.165) is 18.3 Å². The van der Waals surface area contributed by atoms with Crippen LogP contribution in [0, 0.1) is 11.8 Å². The lowest BCUT2D eigenvalue weighted by Gasteiger charge is -2.42. The largest absolute Gasteiger partial charge is 0.396 e. The molecule has 1 saturated heterocycles. The van der Waals surface area contributed by atoms with Crippen LogP contribution in [0.15, 0.2) is 0 Å². The van der Waals surface area contributed by atoms with Gasteiger partial charge in [0.05, 0.1) is 0 Å². The van der Waals surface area contributed by atoms with E-state index in [1.54, 1.807) is 0 Å². The van der Waals surface area contributed by atoms with E-state index in [1.807, 2.05) is 0 Å². The predicted molar refractivity (Wildman–Crippen MR) is 84.9 cm³/mol. The van der Waals surface area contributed by atoms with Gasteiger partial charge < -0.3 is 10.4 Å². The summed E-state index contributed by atoms with van der Waals surface area (Å²) in [5.74, 6) is 1.72. The molecule has 0 aromatic rings. The monoisotopic (exact) mass is 282 g/mol. The van der Waals surface area contributed by atoms with Crippen molar-refractivity contribution >= 4 is 0 Å². The summed E-state index contributed by atoms with van der Waals surface area (Å²) in [4.78, 5) is 2.67. The minimum absolute atomic E-state index is 0.347. The first-order chi connectivity index (χ1) is 9.72. The first-order valence-corrected chi connectivity index (χ1v) is 8.81. The Labute approximate surface area is 125 Å². The summed E-state index contributed by atoms with van der Waals surface area (Å²) in [6, 6.07) is 1.36. The van der Waals surface area contributed by atoms with E-state index in [2.05, 4.69) is 24.1 Å². The molecule has 1 aliphatic carbocycles. The Kier molecular flexibility index (Phi) is 6.79. The van der Waals surface area contributed by atoms with Crippen molar-refractivity contribution in [2.24, 2.45) is 11.8 Å². The Morgan fingerprint density at radius 1 is 1.25 bits per heavy atom. The summed E-state index contributed by atoms with van der Waals surface area (Å²) in [5, 5.41) is 12.9. The quantitative estimate of drug-likeness (QED) is 0.718.